The quantitative estimate of drug-likeness (QED) is 0.355. The fraction of sp³-hybridized carbons (Fsp3) is 0.438. The number of rotatable bonds is 8. The van der Waals surface area contributed by atoms with Crippen molar-refractivity contribution in [3.63, 3.8) is 0 Å². The fourth-order valence-electron chi connectivity index (χ4n) is 2.64. The number of halogens is 4. The number of hydrogen-bond donors (Lipinski definition) is 4. The Morgan fingerprint density at radius 2 is 1.86 bits per heavy atom. The molecule has 1 unspecified atom stereocenters. The molecule has 0 aromatic heterocycles. The van der Waals surface area contributed by atoms with E-state index in [4.69, 9.17) is 31.5 Å². The molecule has 13 heteroatoms. The van der Waals surface area contributed by atoms with E-state index in [1.54, 1.807) is 13.8 Å². The second kappa shape index (κ2) is 9.71. The molecule has 0 bridgehead atoms. The predicted octanol–water partition coefficient (Wildman–Crippen LogP) is 2.40. The first-order valence-electron chi connectivity index (χ1n) is 8.07. The lowest BCUT2D eigenvalue weighted by molar-refractivity contribution is -0.200. The summed E-state index contributed by atoms with van der Waals surface area (Å²) < 4.78 is 50.6. The van der Waals surface area contributed by atoms with E-state index in [1.165, 1.54) is 17.4 Å². The van der Waals surface area contributed by atoms with Gasteiger partial charge in [-0.3, -0.25) is 20.1 Å². The smallest absolute Gasteiger partial charge is 0.430 e. The SMILES string of the molecule is Cc1cc2c(c(C)c1Cl)C=C(C(=O)OC(CONO)CONO)C(C(F)(F)F)O2. The third-order valence-electron chi connectivity index (χ3n) is 3.99. The summed E-state index contributed by atoms with van der Waals surface area (Å²) in [6.45, 7) is 2.18. The summed E-state index contributed by atoms with van der Waals surface area (Å²) in [4.78, 5) is 21.3. The first-order chi connectivity index (χ1) is 13.6. The molecule has 0 amide bonds. The number of nitrogens with one attached hydrogen (secondary N) is 2. The summed E-state index contributed by atoms with van der Waals surface area (Å²) in [5.41, 5.74) is 3.01. The minimum Gasteiger partial charge on any atom is -0.475 e. The highest BCUT2D eigenvalue weighted by molar-refractivity contribution is 6.32. The molecule has 0 saturated carbocycles. The van der Waals surface area contributed by atoms with Gasteiger partial charge in [0, 0.05) is 10.6 Å². The number of benzene rings is 1. The van der Waals surface area contributed by atoms with Crippen LogP contribution in [0.15, 0.2) is 11.6 Å². The minimum absolute atomic E-state index is 0.0690. The van der Waals surface area contributed by atoms with Crippen LogP contribution in [0.5, 0.6) is 5.75 Å². The number of aryl methyl sites for hydroxylation is 1. The largest absolute Gasteiger partial charge is 0.475 e. The molecule has 4 N–H and O–H groups in total. The molecule has 1 aromatic rings. The molecule has 9 nitrogen and oxygen atoms in total. The Morgan fingerprint density at radius 1 is 1.28 bits per heavy atom. The van der Waals surface area contributed by atoms with Crippen LogP contribution in [-0.4, -0.2) is 48.0 Å². The Bertz CT molecular complexity index is 781. The van der Waals surface area contributed by atoms with Gasteiger partial charge in [-0.05, 0) is 37.1 Å². The zero-order valence-corrected chi connectivity index (χ0v) is 15.9. The average molecular weight is 443 g/mol. The summed E-state index contributed by atoms with van der Waals surface area (Å²) in [6, 6.07) is 1.35. The number of fused-ring (bicyclic) bond motifs is 1. The summed E-state index contributed by atoms with van der Waals surface area (Å²) in [5.74, 6) is -1.43. The number of carbonyl (C=O) groups is 1. The van der Waals surface area contributed by atoms with Crippen LogP contribution in [0.1, 0.15) is 16.7 Å². The second-order valence-corrected chi connectivity index (χ2v) is 6.39. The monoisotopic (exact) mass is 442 g/mol. The van der Waals surface area contributed by atoms with E-state index in [0.29, 0.717) is 16.1 Å². The molecular weight excluding hydrogens is 425 g/mol. The van der Waals surface area contributed by atoms with E-state index >= 15 is 0 Å². The van der Waals surface area contributed by atoms with Gasteiger partial charge in [0.25, 0.3) is 0 Å². The van der Waals surface area contributed by atoms with Crippen molar-refractivity contribution in [2.75, 3.05) is 13.2 Å². The Morgan fingerprint density at radius 3 is 2.38 bits per heavy atom. The van der Waals surface area contributed by atoms with E-state index in [2.05, 4.69) is 9.68 Å². The van der Waals surface area contributed by atoms with E-state index in [0.717, 1.165) is 6.08 Å². The maximum absolute atomic E-state index is 13.5. The van der Waals surface area contributed by atoms with Crippen LogP contribution in [0.3, 0.4) is 0 Å². The topological polar surface area (TPSA) is 119 Å². The normalized spacial score (nSPS) is 16.3. The van der Waals surface area contributed by atoms with Gasteiger partial charge in [-0.1, -0.05) is 22.9 Å². The Balaban J connectivity index is 2.39. The van der Waals surface area contributed by atoms with E-state index in [1.807, 2.05) is 0 Å². The highest BCUT2D eigenvalue weighted by atomic mass is 35.5. The van der Waals surface area contributed by atoms with Gasteiger partial charge < -0.3 is 9.47 Å². The third kappa shape index (κ3) is 5.57. The van der Waals surface area contributed by atoms with E-state index < -0.39 is 43.1 Å². The third-order valence-corrected chi connectivity index (χ3v) is 4.58. The van der Waals surface area contributed by atoms with Crippen LogP contribution < -0.4 is 16.0 Å². The van der Waals surface area contributed by atoms with Gasteiger partial charge in [-0.15, -0.1) is 0 Å². The van der Waals surface area contributed by atoms with Crippen molar-refractivity contribution in [1.82, 2.24) is 11.3 Å². The molecule has 0 radical (unpaired) electrons. The lowest BCUT2D eigenvalue weighted by atomic mass is 9.96. The number of carbonyl (C=O) groups excluding carboxylic acids is 1. The number of ether oxygens (including phenoxy) is 2. The molecule has 29 heavy (non-hydrogen) atoms. The minimum atomic E-state index is -4.91. The maximum atomic E-state index is 13.5. The fourth-order valence-corrected chi connectivity index (χ4v) is 2.80. The van der Waals surface area contributed by atoms with Gasteiger partial charge in [-0.2, -0.15) is 13.2 Å². The van der Waals surface area contributed by atoms with Crippen molar-refractivity contribution in [1.29, 1.82) is 0 Å². The first-order valence-corrected chi connectivity index (χ1v) is 8.45. The van der Waals surface area contributed by atoms with Crippen molar-refractivity contribution in [2.24, 2.45) is 0 Å². The molecule has 0 aliphatic carbocycles. The van der Waals surface area contributed by atoms with E-state index in [-0.39, 0.29) is 11.3 Å². The molecule has 1 aromatic carbocycles. The molecule has 0 fully saturated rings. The maximum Gasteiger partial charge on any atom is 0.430 e. The highest BCUT2D eigenvalue weighted by Gasteiger charge is 2.49. The van der Waals surface area contributed by atoms with Gasteiger partial charge in [-0.25, -0.2) is 4.79 Å². The molecule has 1 aliphatic rings. The molecule has 162 valence electrons. The number of esters is 1. The summed E-state index contributed by atoms with van der Waals surface area (Å²) in [6.07, 6.45) is -7.77. The van der Waals surface area contributed by atoms with Crippen LogP contribution in [0.25, 0.3) is 6.08 Å². The zero-order chi connectivity index (χ0) is 21.8. The lowest BCUT2D eigenvalue weighted by Gasteiger charge is -2.30. The van der Waals surface area contributed by atoms with Gasteiger partial charge in [0.15, 0.2) is 6.10 Å². The van der Waals surface area contributed by atoms with Crippen molar-refractivity contribution < 1.29 is 47.5 Å². The van der Waals surface area contributed by atoms with Crippen molar-refractivity contribution in [3.05, 3.63) is 33.4 Å². The molecule has 1 heterocycles. The highest BCUT2D eigenvalue weighted by Crippen LogP contribution is 2.41. The Kier molecular flexibility index (Phi) is 7.82. The van der Waals surface area contributed by atoms with Crippen molar-refractivity contribution in [2.45, 2.75) is 32.2 Å². The average Bonchev–Trinajstić information content (AvgIpc) is 2.66. The van der Waals surface area contributed by atoms with Crippen LogP contribution in [0.4, 0.5) is 13.2 Å². The summed E-state index contributed by atoms with van der Waals surface area (Å²) in [5, 5.41) is 17.2. The predicted molar refractivity (Wildman–Crippen MR) is 91.0 cm³/mol. The van der Waals surface area contributed by atoms with Crippen LogP contribution >= 0.6 is 11.6 Å². The number of alkyl halides is 3. The standard InChI is InChI=1S/C16H18ClF3N2O7/c1-7-3-12-10(8(2)13(7)17)4-11(14(29-12)16(18,19)20)15(23)28-9(5-26-21-24)6-27-22-25/h3-4,9,14,21-22,24-25H,5-6H2,1-2H3. The summed E-state index contributed by atoms with van der Waals surface area (Å²) in [7, 11) is 0. The van der Waals surface area contributed by atoms with Crippen molar-refractivity contribution >= 4 is 23.6 Å². The molecule has 1 aliphatic heterocycles. The lowest BCUT2D eigenvalue weighted by Crippen LogP contribution is -2.42. The van der Waals surface area contributed by atoms with E-state index in [9.17, 15) is 18.0 Å². The molecule has 0 saturated heterocycles. The van der Waals surface area contributed by atoms with Crippen LogP contribution in [-0.2, 0) is 19.2 Å². The summed E-state index contributed by atoms with van der Waals surface area (Å²) >= 11 is 6.15. The van der Waals surface area contributed by atoms with Crippen LogP contribution in [0.2, 0.25) is 5.02 Å². The second-order valence-electron chi connectivity index (χ2n) is 6.02. The van der Waals surface area contributed by atoms with Gasteiger partial charge in [0.1, 0.15) is 19.0 Å². The Labute approximate surface area is 167 Å². The Hall–Kier alpha value is -1.93. The molecular formula is C16H18ClF3N2O7. The van der Waals surface area contributed by atoms with Gasteiger partial charge in [0.2, 0.25) is 6.10 Å². The molecule has 2 rings (SSSR count). The first kappa shape index (κ1) is 23.3. The van der Waals surface area contributed by atoms with Crippen LogP contribution in [0, 0.1) is 13.8 Å². The van der Waals surface area contributed by atoms with Gasteiger partial charge >= 0.3 is 12.1 Å². The zero-order valence-electron chi connectivity index (χ0n) is 15.2. The van der Waals surface area contributed by atoms with Gasteiger partial charge in [0.05, 0.1) is 5.57 Å². The molecule has 1 atom stereocenters. The van der Waals surface area contributed by atoms with Crippen molar-refractivity contribution in [3.8, 4) is 5.75 Å². The molecule has 0 spiro atoms. The number of hydrogen-bond acceptors (Lipinski definition) is 9.